The van der Waals surface area contributed by atoms with Crippen molar-refractivity contribution < 1.29 is 19.1 Å². The van der Waals surface area contributed by atoms with Crippen LogP contribution in [0.5, 0.6) is 0 Å². The van der Waals surface area contributed by atoms with Gasteiger partial charge in [-0.2, -0.15) is 0 Å². The van der Waals surface area contributed by atoms with E-state index < -0.39 is 5.97 Å². The van der Waals surface area contributed by atoms with Crippen molar-refractivity contribution in [3.63, 3.8) is 0 Å². The molecule has 0 unspecified atom stereocenters. The van der Waals surface area contributed by atoms with Gasteiger partial charge in [-0.3, -0.25) is 9.59 Å². The summed E-state index contributed by atoms with van der Waals surface area (Å²) < 4.78 is 12.8. The molecule has 5 heteroatoms. The van der Waals surface area contributed by atoms with Gasteiger partial charge in [0.05, 0.1) is 6.42 Å². The van der Waals surface area contributed by atoms with Crippen molar-refractivity contribution >= 4 is 17.6 Å². The number of carbonyl (C=O) groups is 2. The van der Waals surface area contributed by atoms with Gasteiger partial charge in [-0.1, -0.05) is 24.3 Å². The Morgan fingerprint density at radius 2 is 1.55 bits per heavy atom. The lowest BCUT2D eigenvalue weighted by molar-refractivity contribution is -0.137. The Kier molecular flexibility index (Phi) is 5.25. The number of hydrogen-bond donors (Lipinski definition) is 2. The van der Waals surface area contributed by atoms with Crippen molar-refractivity contribution in [2.24, 2.45) is 0 Å². The second-order valence-corrected chi connectivity index (χ2v) is 4.94. The minimum Gasteiger partial charge on any atom is -0.481 e. The second-order valence-electron chi connectivity index (χ2n) is 4.94. The summed E-state index contributed by atoms with van der Waals surface area (Å²) in [7, 11) is 0. The molecule has 2 N–H and O–H groups in total. The Morgan fingerprint density at radius 1 is 0.955 bits per heavy atom. The van der Waals surface area contributed by atoms with E-state index in [1.165, 1.54) is 12.1 Å². The summed E-state index contributed by atoms with van der Waals surface area (Å²) in [5.74, 6) is -1.36. The van der Waals surface area contributed by atoms with Crippen molar-refractivity contribution in [3.8, 4) is 0 Å². The molecule has 0 radical (unpaired) electrons. The molecule has 4 nitrogen and oxygen atoms in total. The summed E-state index contributed by atoms with van der Waals surface area (Å²) >= 11 is 0. The molecular formula is C17H16FNO3. The minimum absolute atomic E-state index is 0.0796. The van der Waals surface area contributed by atoms with Crippen molar-refractivity contribution in [2.45, 2.75) is 19.3 Å². The van der Waals surface area contributed by atoms with Gasteiger partial charge in [0.15, 0.2) is 0 Å². The molecule has 0 atom stereocenters. The number of carbonyl (C=O) groups excluding carboxylic acids is 1. The smallest absolute Gasteiger partial charge is 0.303 e. The van der Waals surface area contributed by atoms with E-state index in [-0.39, 0.29) is 24.6 Å². The summed E-state index contributed by atoms with van der Waals surface area (Å²) in [4.78, 5) is 22.4. The summed E-state index contributed by atoms with van der Waals surface area (Å²) in [6.45, 7) is 0. The first-order valence-electron chi connectivity index (χ1n) is 6.88. The quantitative estimate of drug-likeness (QED) is 0.862. The van der Waals surface area contributed by atoms with Crippen molar-refractivity contribution in [2.75, 3.05) is 5.32 Å². The second kappa shape index (κ2) is 7.36. The maximum atomic E-state index is 12.8. The van der Waals surface area contributed by atoms with Gasteiger partial charge in [-0.05, 0) is 41.8 Å². The van der Waals surface area contributed by atoms with Crippen LogP contribution >= 0.6 is 0 Å². The van der Waals surface area contributed by atoms with Crippen molar-refractivity contribution in [1.29, 1.82) is 0 Å². The largest absolute Gasteiger partial charge is 0.481 e. The van der Waals surface area contributed by atoms with Crippen LogP contribution in [0.2, 0.25) is 0 Å². The highest BCUT2D eigenvalue weighted by Gasteiger charge is 2.05. The summed E-state index contributed by atoms with van der Waals surface area (Å²) in [6, 6.07) is 12.8. The number of halogens is 1. The fourth-order valence-corrected chi connectivity index (χ4v) is 2.00. The zero-order valence-corrected chi connectivity index (χ0v) is 11.9. The predicted molar refractivity (Wildman–Crippen MR) is 81.1 cm³/mol. The van der Waals surface area contributed by atoms with Gasteiger partial charge in [0.2, 0.25) is 5.91 Å². The van der Waals surface area contributed by atoms with Crippen LogP contribution < -0.4 is 5.32 Å². The maximum absolute atomic E-state index is 12.8. The monoisotopic (exact) mass is 301 g/mol. The summed E-state index contributed by atoms with van der Waals surface area (Å²) in [5, 5.41) is 11.4. The number of hydrogen-bond acceptors (Lipinski definition) is 2. The van der Waals surface area contributed by atoms with Crippen LogP contribution in [0.1, 0.15) is 17.5 Å². The number of aliphatic carboxylic acids is 1. The van der Waals surface area contributed by atoms with E-state index in [4.69, 9.17) is 5.11 Å². The molecule has 0 saturated heterocycles. The van der Waals surface area contributed by atoms with Gasteiger partial charge in [0.1, 0.15) is 5.82 Å². The number of amides is 1. The van der Waals surface area contributed by atoms with Crippen LogP contribution in [0.4, 0.5) is 10.1 Å². The van der Waals surface area contributed by atoms with Crippen LogP contribution in [-0.2, 0) is 22.4 Å². The predicted octanol–water partition coefficient (Wildman–Crippen LogP) is 3.02. The number of carboxylic acid groups (broad SMARTS) is 1. The Bertz CT molecular complexity index is 651. The zero-order chi connectivity index (χ0) is 15.9. The molecule has 2 aromatic carbocycles. The molecule has 0 fully saturated rings. The summed E-state index contributed by atoms with van der Waals surface area (Å²) in [5.41, 5.74) is 2.28. The number of benzene rings is 2. The molecule has 1 amide bonds. The number of nitrogens with one attached hydrogen (secondary N) is 1. The highest BCUT2D eigenvalue weighted by molar-refractivity contribution is 5.92. The lowest BCUT2D eigenvalue weighted by atomic mass is 10.1. The van der Waals surface area contributed by atoms with Gasteiger partial charge in [0, 0.05) is 12.1 Å². The Hall–Kier alpha value is -2.69. The molecule has 0 aliphatic heterocycles. The fraction of sp³-hybridized carbons (Fsp3) is 0.176. The average molecular weight is 301 g/mol. The van der Waals surface area contributed by atoms with Crippen LogP contribution in [0, 0.1) is 5.82 Å². The van der Waals surface area contributed by atoms with Gasteiger partial charge < -0.3 is 10.4 Å². The van der Waals surface area contributed by atoms with Gasteiger partial charge >= 0.3 is 5.97 Å². The fourth-order valence-electron chi connectivity index (χ4n) is 2.00. The highest BCUT2D eigenvalue weighted by Crippen LogP contribution is 2.12. The first kappa shape index (κ1) is 15.7. The molecule has 0 aliphatic carbocycles. The number of carboxylic acids is 1. The molecule has 0 spiro atoms. The minimum atomic E-state index is -0.836. The van der Waals surface area contributed by atoms with E-state index in [9.17, 15) is 14.0 Å². The number of anilines is 1. The van der Waals surface area contributed by atoms with E-state index in [0.717, 1.165) is 11.1 Å². The normalized spacial score (nSPS) is 10.2. The molecule has 2 aromatic rings. The topological polar surface area (TPSA) is 66.4 Å². The summed E-state index contributed by atoms with van der Waals surface area (Å²) in [6.07, 6.45) is 0.705. The van der Waals surface area contributed by atoms with E-state index in [1.807, 2.05) is 0 Å². The molecule has 2 rings (SSSR count). The maximum Gasteiger partial charge on any atom is 0.303 e. The van der Waals surface area contributed by atoms with E-state index >= 15 is 0 Å². The van der Waals surface area contributed by atoms with Gasteiger partial charge in [-0.15, -0.1) is 0 Å². The van der Waals surface area contributed by atoms with E-state index in [2.05, 4.69) is 5.32 Å². The molecule has 0 heterocycles. The van der Waals surface area contributed by atoms with Crippen LogP contribution in [0.3, 0.4) is 0 Å². The van der Waals surface area contributed by atoms with E-state index in [0.29, 0.717) is 12.1 Å². The van der Waals surface area contributed by atoms with E-state index in [1.54, 1.807) is 36.4 Å². The van der Waals surface area contributed by atoms with Crippen LogP contribution in [0.15, 0.2) is 48.5 Å². The molecule has 114 valence electrons. The standard InChI is InChI=1S/C17H16FNO3/c18-14-6-1-13(2-7-14)11-16(20)19-15-8-3-12(4-9-15)5-10-17(21)22/h1-4,6-9H,5,10-11H2,(H,19,20)(H,21,22). The van der Waals surface area contributed by atoms with Gasteiger partial charge in [0.25, 0.3) is 0 Å². The first-order valence-corrected chi connectivity index (χ1v) is 6.88. The number of rotatable bonds is 6. The molecule has 0 saturated carbocycles. The molecule has 22 heavy (non-hydrogen) atoms. The average Bonchev–Trinajstić information content (AvgIpc) is 2.49. The molecule has 0 aromatic heterocycles. The zero-order valence-electron chi connectivity index (χ0n) is 11.9. The Labute approximate surface area is 127 Å². The Morgan fingerprint density at radius 3 is 2.14 bits per heavy atom. The first-order chi connectivity index (χ1) is 10.5. The van der Waals surface area contributed by atoms with Gasteiger partial charge in [-0.25, -0.2) is 4.39 Å². The third kappa shape index (κ3) is 5.01. The molecular weight excluding hydrogens is 285 g/mol. The Balaban J connectivity index is 1.88. The van der Waals surface area contributed by atoms with Crippen molar-refractivity contribution in [1.82, 2.24) is 0 Å². The van der Waals surface area contributed by atoms with Crippen LogP contribution in [0.25, 0.3) is 0 Å². The lowest BCUT2D eigenvalue weighted by Crippen LogP contribution is -2.14. The third-order valence-corrected chi connectivity index (χ3v) is 3.14. The van der Waals surface area contributed by atoms with Crippen molar-refractivity contribution in [3.05, 3.63) is 65.5 Å². The SMILES string of the molecule is O=C(O)CCc1ccc(NC(=O)Cc2ccc(F)cc2)cc1. The lowest BCUT2D eigenvalue weighted by Gasteiger charge is -2.06. The third-order valence-electron chi connectivity index (χ3n) is 3.14. The highest BCUT2D eigenvalue weighted by atomic mass is 19.1. The molecule has 0 aliphatic rings. The number of aryl methyl sites for hydroxylation is 1. The molecule has 0 bridgehead atoms. The van der Waals surface area contributed by atoms with Crippen LogP contribution in [-0.4, -0.2) is 17.0 Å².